The molecule has 0 amide bonds. The van der Waals surface area contributed by atoms with Gasteiger partial charge in [0, 0.05) is 10.4 Å². The highest BCUT2D eigenvalue weighted by Gasteiger charge is 2.11. The molecule has 4 aromatic rings. The van der Waals surface area contributed by atoms with E-state index in [-0.39, 0.29) is 6.10 Å². The summed E-state index contributed by atoms with van der Waals surface area (Å²) in [6, 6.07) is 25.8. The van der Waals surface area contributed by atoms with Gasteiger partial charge in [-0.3, -0.25) is 0 Å². The van der Waals surface area contributed by atoms with E-state index < -0.39 is 6.10 Å². The Labute approximate surface area is 200 Å². The van der Waals surface area contributed by atoms with Crippen LogP contribution in [0.15, 0.2) is 78.9 Å². The molecular weight excluding hydrogens is 430 g/mol. The second-order valence-corrected chi connectivity index (χ2v) is 8.89. The van der Waals surface area contributed by atoms with Gasteiger partial charge in [0.15, 0.2) is 0 Å². The van der Waals surface area contributed by atoms with Crippen LogP contribution in [0.2, 0.25) is 5.02 Å². The molecule has 33 heavy (non-hydrogen) atoms. The summed E-state index contributed by atoms with van der Waals surface area (Å²) in [7, 11) is 0. The predicted octanol–water partition coefficient (Wildman–Crippen LogP) is 6.65. The molecule has 0 saturated heterocycles. The topological polar surface area (TPSA) is 53.4 Å². The van der Waals surface area contributed by atoms with Gasteiger partial charge in [0.05, 0.1) is 23.4 Å². The van der Waals surface area contributed by atoms with Crippen LogP contribution in [0.1, 0.15) is 47.4 Å². The molecule has 4 rings (SSSR count). The first-order chi connectivity index (χ1) is 16.0. The second kappa shape index (κ2) is 10.8. The summed E-state index contributed by atoms with van der Waals surface area (Å²) in [6.07, 6.45) is 5.05. The number of aromatic nitrogens is 1. The number of hydrogen-bond acceptors (Lipinski definition) is 3. The summed E-state index contributed by atoms with van der Waals surface area (Å²) < 4.78 is 0. The summed E-state index contributed by atoms with van der Waals surface area (Å²) in [5, 5.41) is 22.3. The molecule has 2 atom stereocenters. The van der Waals surface area contributed by atoms with E-state index in [0.717, 1.165) is 39.7 Å². The molecule has 2 N–H and O–H groups in total. The average Bonchev–Trinajstić information content (AvgIpc) is 2.81. The molecular formula is C29H28ClNO2. The molecule has 0 saturated carbocycles. The summed E-state index contributed by atoms with van der Waals surface area (Å²) in [4.78, 5) is 4.66. The van der Waals surface area contributed by atoms with Crippen molar-refractivity contribution in [1.29, 1.82) is 0 Å². The van der Waals surface area contributed by atoms with E-state index in [1.807, 2.05) is 78.9 Å². The molecule has 4 heteroatoms. The lowest BCUT2D eigenvalue weighted by Gasteiger charge is -2.15. The monoisotopic (exact) mass is 457 g/mol. The fourth-order valence-electron chi connectivity index (χ4n) is 4.03. The standard InChI is InChI=1S/C29H28ClNO2/c1-20(32)17-24-7-3-2-6-22(24)12-16-29(33)25-8-4-5-21(18-25)9-14-27-15-11-23-10-13-26(30)19-28(23)31-27/h2-11,13-15,18-20,29,32-33H,12,16-17H2,1H3/b14-9+/t20?,29-/m1/s1. The maximum absolute atomic E-state index is 10.8. The van der Waals surface area contributed by atoms with Gasteiger partial charge in [0.1, 0.15) is 0 Å². The maximum atomic E-state index is 10.8. The predicted molar refractivity (Wildman–Crippen MR) is 137 cm³/mol. The highest BCUT2D eigenvalue weighted by atomic mass is 35.5. The first-order valence-corrected chi connectivity index (χ1v) is 11.6. The van der Waals surface area contributed by atoms with E-state index in [9.17, 15) is 10.2 Å². The van der Waals surface area contributed by atoms with E-state index in [0.29, 0.717) is 17.9 Å². The number of halogens is 1. The van der Waals surface area contributed by atoms with Gasteiger partial charge < -0.3 is 10.2 Å². The van der Waals surface area contributed by atoms with Crippen LogP contribution in [0.4, 0.5) is 0 Å². The van der Waals surface area contributed by atoms with Gasteiger partial charge in [-0.25, -0.2) is 4.98 Å². The van der Waals surface area contributed by atoms with Gasteiger partial charge >= 0.3 is 0 Å². The van der Waals surface area contributed by atoms with Gasteiger partial charge in [0.2, 0.25) is 0 Å². The van der Waals surface area contributed by atoms with Crippen LogP contribution in [0.3, 0.4) is 0 Å². The molecule has 0 bridgehead atoms. The van der Waals surface area contributed by atoms with Crippen molar-refractivity contribution in [2.24, 2.45) is 0 Å². The highest BCUT2D eigenvalue weighted by molar-refractivity contribution is 6.31. The van der Waals surface area contributed by atoms with E-state index in [4.69, 9.17) is 11.6 Å². The van der Waals surface area contributed by atoms with Crippen LogP contribution >= 0.6 is 11.6 Å². The highest BCUT2D eigenvalue weighted by Crippen LogP contribution is 2.23. The molecule has 1 unspecified atom stereocenters. The number of aliphatic hydroxyl groups is 2. The number of rotatable bonds is 8. The first kappa shape index (κ1) is 23.2. The Morgan fingerprint density at radius 2 is 1.67 bits per heavy atom. The Hall–Kier alpha value is -2.98. The zero-order chi connectivity index (χ0) is 23.2. The van der Waals surface area contributed by atoms with Crippen molar-refractivity contribution in [1.82, 2.24) is 4.98 Å². The third-order valence-electron chi connectivity index (χ3n) is 5.74. The zero-order valence-electron chi connectivity index (χ0n) is 18.7. The molecule has 0 spiro atoms. The quantitative estimate of drug-likeness (QED) is 0.311. The minimum absolute atomic E-state index is 0.381. The lowest BCUT2D eigenvalue weighted by atomic mass is 9.95. The lowest BCUT2D eigenvalue weighted by molar-refractivity contribution is 0.167. The van der Waals surface area contributed by atoms with Crippen molar-refractivity contribution in [2.75, 3.05) is 0 Å². The largest absolute Gasteiger partial charge is 0.393 e. The van der Waals surface area contributed by atoms with Crippen LogP contribution < -0.4 is 0 Å². The molecule has 0 fully saturated rings. The number of aryl methyl sites for hydroxylation is 1. The summed E-state index contributed by atoms with van der Waals surface area (Å²) >= 11 is 6.09. The van der Waals surface area contributed by atoms with Crippen molar-refractivity contribution >= 4 is 34.7 Å². The zero-order valence-corrected chi connectivity index (χ0v) is 19.4. The number of aliphatic hydroxyl groups excluding tert-OH is 2. The van der Waals surface area contributed by atoms with Crippen LogP contribution in [0, 0.1) is 0 Å². The third-order valence-corrected chi connectivity index (χ3v) is 5.97. The summed E-state index contributed by atoms with van der Waals surface area (Å²) in [6.45, 7) is 1.80. The smallest absolute Gasteiger partial charge is 0.0793 e. The number of hydrogen-bond donors (Lipinski definition) is 2. The van der Waals surface area contributed by atoms with Gasteiger partial charge in [-0.05, 0) is 78.8 Å². The molecule has 1 heterocycles. The SMILES string of the molecule is CC(O)Cc1ccccc1CC[C@@H](O)c1cccc(/C=C/c2ccc3ccc(Cl)cc3n2)c1. The van der Waals surface area contributed by atoms with Crippen molar-refractivity contribution < 1.29 is 10.2 Å². The number of nitrogens with zero attached hydrogens (tertiary/aromatic N) is 1. The van der Waals surface area contributed by atoms with Gasteiger partial charge in [-0.1, -0.05) is 72.3 Å². The molecule has 0 aliphatic heterocycles. The van der Waals surface area contributed by atoms with E-state index in [1.165, 1.54) is 5.56 Å². The molecule has 0 radical (unpaired) electrons. The van der Waals surface area contributed by atoms with E-state index >= 15 is 0 Å². The fourth-order valence-corrected chi connectivity index (χ4v) is 4.19. The maximum Gasteiger partial charge on any atom is 0.0793 e. The minimum atomic E-state index is -0.557. The van der Waals surface area contributed by atoms with Crippen LogP contribution in [0.25, 0.3) is 23.1 Å². The van der Waals surface area contributed by atoms with Gasteiger partial charge in [-0.15, -0.1) is 0 Å². The summed E-state index contributed by atoms with van der Waals surface area (Å²) in [5.74, 6) is 0. The minimum Gasteiger partial charge on any atom is -0.393 e. The van der Waals surface area contributed by atoms with Gasteiger partial charge in [0.25, 0.3) is 0 Å². The Bertz CT molecular complexity index is 1270. The molecule has 3 aromatic carbocycles. The van der Waals surface area contributed by atoms with Crippen molar-refractivity contribution in [3.8, 4) is 0 Å². The Balaban J connectivity index is 1.44. The van der Waals surface area contributed by atoms with Crippen LogP contribution in [0.5, 0.6) is 0 Å². The fraction of sp³-hybridized carbons (Fsp3) is 0.207. The molecule has 3 nitrogen and oxygen atoms in total. The average molecular weight is 458 g/mol. The normalized spacial score (nSPS) is 13.5. The number of fused-ring (bicyclic) bond motifs is 1. The summed E-state index contributed by atoms with van der Waals surface area (Å²) in [5.41, 5.74) is 5.93. The molecule has 0 aliphatic rings. The second-order valence-electron chi connectivity index (χ2n) is 8.45. The molecule has 168 valence electrons. The van der Waals surface area contributed by atoms with Crippen molar-refractivity contribution in [3.05, 3.63) is 112 Å². The van der Waals surface area contributed by atoms with Crippen LogP contribution in [-0.4, -0.2) is 21.3 Å². The molecule has 1 aromatic heterocycles. The van der Waals surface area contributed by atoms with Gasteiger partial charge in [-0.2, -0.15) is 0 Å². The van der Waals surface area contributed by atoms with Crippen LogP contribution in [-0.2, 0) is 12.8 Å². The molecule has 0 aliphatic carbocycles. The van der Waals surface area contributed by atoms with E-state index in [1.54, 1.807) is 6.92 Å². The van der Waals surface area contributed by atoms with Crippen molar-refractivity contribution in [2.45, 2.75) is 38.4 Å². The Morgan fingerprint density at radius 3 is 2.48 bits per heavy atom. The third kappa shape index (κ3) is 6.29. The number of pyridine rings is 1. The Kier molecular flexibility index (Phi) is 7.56. The first-order valence-electron chi connectivity index (χ1n) is 11.3. The number of benzene rings is 3. The van der Waals surface area contributed by atoms with Crippen molar-refractivity contribution in [3.63, 3.8) is 0 Å². The van der Waals surface area contributed by atoms with E-state index in [2.05, 4.69) is 17.1 Å². The lowest BCUT2D eigenvalue weighted by Crippen LogP contribution is -2.08. The Morgan fingerprint density at radius 1 is 0.879 bits per heavy atom.